The van der Waals surface area contributed by atoms with Crippen molar-refractivity contribution in [3.05, 3.63) is 57.6 Å². The third-order valence-electron chi connectivity index (χ3n) is 3.45. The van der Waals surface area contributed by atoms with Crippen LogP contribution in [0.1, 0.15) is 38.0 Å². The first kappa shape index (κ1) is 20.4. The zero-order chi connectivity index (χ0) is 19.5. The van der Waals surface area contributed by atoms with Crippen molar-refractivity contribution in [2.45, 2.75) is 32.5 Å². The Morgan fingerprint density at radius 1 is 1.12 bits per heavy atom. The summed E-state index contributed by atoms with van der Waals surface area (Å²) in [6.45, 7) is 5.30. The number of carbonyl (C=O) groups is 1. The molecule has 2 aromatic rings. The molecule has 0 radical (unpaired) electrons. The molecule has 1 amide bonds. The first-order valence-corrected chi connectivity index (χ1v) is 8.67. The number of hydrogen-bond donors (Lipinski definition) is 2. The summed E-state index contributed by atoms with van der Waals surface area (Å²) in [5.74, 6) is 0.573. The van der Waals surface area contributed by atoms with Crippen LogP contribution in [0.15, 0.2) is 36.4 Å². The van der Waals surface area contributed by atoms with Crippen molar-refractivity contribution in [3.63, 3.8) is 0 Å². The van der Waals surface area contributed by atoms with E-state index in [9.17, 15) is 9.90 Å². The lowest BCUT2D eigenvalue weighted by Gasteiger charge is -2.22. The normalized spacial score (nSPS) is 12.4. The molecule has 0 aromatic heterocycles. The second kappa shape index (κ2) is 8.16. The molecule has 0 aliphatic carbocycles. The van der Waals surface area contributed by atoms with Crippen LogP contribution in [-0.2, 0) is 4.74 Å². The predicted molar refractivity (Wildman–Crippen MR) is 103 cm³/mol. The largest absolute Gasteiger partial charge is 0.497 e. The third-order valence-corrected chi connectivity index (χ3v) is 4.01. The molecule has 0 heterocycles. The summed E-state index contributed by atoms with van der Waals surface area (Å²) < 4.78 is 10.4. The number of aliphatic hydroxyl groups is 1. The molecule has 2 rings (SSSR count). The van der Waals surface area contributed by atoms with E-state index < -0.39 is 17.8 Å². The van der Waals surface area contributed by atoms with Crippen molar-refractivity contribution in [2.24, 2.45) is 0 Å². The van der Waals surface area contributed by atoms with E-state index in [0.29, 0.717) is 32.6 Å². The monoisotopic (exact) mass is 397 g/mol. The summed E-state index contributed by atoms with van der Waals surface area (Å²) >= 11 is 12.3. The van der Waals surface area contributed by atoms with Gasteiger partial charge < -0.3 is 14.6 Å². The minimum atomic E-state index is -1.10. The average molecular weight is 398 g/mol. The molecule has 0 saturated carbocycles. The van der Waals surface area contributed by atoms with Gasteiger partial charge in [-0.2, -0.15) is 0 Å². The molecule has 26 heavy (non-hydrogen) atoms. The Hall–Kier alpha value is -1.95. The van der Waals surface area contributed by atoms with Crippen molar-refractivity contribution >= 4 is 35.0 Å². The predicted octanol–water partition coefficient (Wildman–Crippen LogP) is 5.43. The van der Waals surface area contributed by atoms with E-state index >= 15 is 0 Å². The van der Waals surface area contributed by atoms with Gasteiger partial charge in [-0.3, -0.25) is 5.32 Å². The molecular weight excluding hydrogens is 377 g/mol. The first-order chi connectivity index (χ1) is 12.1. The maximum Gasteiger partial charge on any atom is 0.412 e. The highest BCUT2D eigenvalue weighted by atomic mass is 35.5. The number of amides is 1. The second-order valence-corrected chi connectivity index (χ2v) is 7.49. The lowest BCUT2D eigenvalue weighted by Crippen LogP contribution is -2.27. The van der Waals surface area contributed by atoms with Gasteiger partial charge in [0.2, 0.25) is 0 Å². The van der Waals surface area contributed by atoms with Crippen LogP contribution in [0.25, 0.3) is 0 Å². The number of halogens is 2. The fraction of sp³-hybridized carbons (Fsp3) is 0.316. The zero-order valence-corrected chi connectivity index (χ0v) is 16.5. The molecule has 7 heteroatoms. The van der Waals surface area contributed by atoms with Crippen molar-refractivity contribution in [1.29, 1.82) is 0 Å². The number of anilines is 1. The van der Waals surface area contributed by atoms with Gasteiger partial charge in [-0.25, -0.2) is 4.79 Å². The number of ether oxygens (including phenoxy) is 2. The van der Waals surface area contributed by atoms with Crippen molar-refractivity contribution in [1.82, 2.24) is 0 Å². The molecule has 0 aliphatic rings. The van der Waals surface area contributed by atoms with Gasteiger partial charge >= 0.3 is 6.09 Å². The molecule has 0 aliphatic heterocycles. The summed E-state index contributed by atoms with van der Waals surface area (Å²) in [5.41, 5.74) is 0.592. The molecule has 1 unspecified atom stereocenters. The number of hydrogen-bond acceptors (Lipinski definition) is 4. The number of nitrogens with one attached hydrogen (secondary N) is 1. The molecule has 5 nitrogen and oxygen atoms in total. The Morgan fingerprint density at radius 3 is 2.38 bits per heavy atom. The van der Waals surface area contributed by atoms with Crippen LogP contribution < -0.4 is 10.1 Å². The van der Waals surface area contributed by atoms with E-state index in [4.69, 9.17) is 32.7 Å². The molecule has 140 valence electrons. The number of methoxy groups -OCH3 is 1. The minimum absolute atomic E-state index is 0.333. The van der Waals surface area contributed by atoms with Gasteiger partial charge in [0.15, 0.2) is 0 Å². The first-order valence-electron chi connectivity index (χ1n) is 7.91. The Kier molecular flexibility index (Phi) is 6.39. The van der Waals surface area contributed by atoms with Gasteiger partial charge in [-0.15, -0.1) is 0 Å². The molecule has 2 aromatic carbocycles. The van der Waals surface area contributed by atoms with E-state index in [1.165, 1.54) is 7.11 Å². The summed E-state index contributed by atoms with van der Waals surface area (Å²) in [6.07, 6.45) is -1.73. The van der Waals surface area contributed by atoms with Crippen LogP contribution in [0, 0.1) is 0 Å². The lowest BCUT2D eigenvalue weighted by atomic mass is 9.99. The summed E-state index contributed by atoms with van der Waals surface area (Å²) in [5, 5.41) is 14.2. The van der Waals surface area contributed by atoms with Gasteiger partial charge in [0.25, 0.3) is 0 Å². The Morgan fingerprint density at radius 2 is 1.81 bits per heavy atom. The fourth-order valence-electron chi connectivity index (χ4n) is 2.31. The minimum Gasteiger partial charge on any atom is -0.497 e. The highest BCUT2D eigenvalue weighted by Crippen LogP contribution is 2.35. The van der Waals surface area contributed by atoms with Crippen LogP contribution >= 0.6 is 23.2 Å². The molecule has 0 bridgehead atoms. The van der Waals surface area contributed by atoms with Gasteiger partial charge in [0, 0.05) is 16.1 Å². The number of rotatable bonds is 4. The standard InChI is InChI=1S/C19H21Cl2NO4/c1-19(2,3)26-18(24)22-16-8-5-11(20)9-14(16)17(23)13-7-6-12(25-4)10-15(13)21/h5-10,17,23H,1-4H3,(H,22,24). The van der Waals surface area contributed by atoms with Crippen LogP contribution in [0.4, 0.5) is 10.5 Å². The van der Waals surface area contributed by atoms with Crippen molar-refractivity contribution in [3.8, 4) is 5.75 Å². The number of carbonyl (C=O) groups excluding carboxylic acids is 1. The Bertz CT molecular complexity index is 803. The quantitative estimate of drug-likeness (QED) is 0.721. The maximum atomic E-state index is 12.1. The third kappa shape index (κ3) is 5.27. The average Bonchev–Trinajstić information content (AvgIpc) is 2.54. The van der Waals surface area contributed by atoms with Crippen LogP contribution in [0.3, 0.4) is 0 Å². The van der Waals surface area contributed by atoms with Crippen LogP contribution in [-0.4, -0.2) is 23.9 Å². The topological polar surface area (TPSA) is 67.8 Å². The van der Waals surface area contributed by atoms with Gasteiger partial charge in [0.05, 0.1) is 17.8 Å². The van der Waals surface area contributed by atoms with Gasteiger partial charge in [-0.05, 0) is 51.1 Å². The molecule has 0 saturated heterocycles. The summed E-state index contributed by atoms with van der Waals surface area (Å²) in [4.78, 5) is 12.1. The highest BCUT2D eigenvalue weighted by Gasteiger charge is 2.22. The van der Waals surface area contributed by atoms with Gasteiger partial charge in [-0.1, -0.05) is 29.3 Å². The SMILES string of the molecule is COc1ccc(C(O)c2cc(Cl)ccc2NC(=O)OC(C)(C)C)c(Cl)c1. The van der Waals surface area contributed by atoms with Crippen molar-refractivity contribution in [2.75, 3.05) is 12.4 Å². The second-order valence-electron chi connectivity index (χ2n) is 6.65. The maximum absolute atomic E-state index is 12.1. The summed E-state index contributed by atoms with van der Waals surface area (Å²) in [6, 6.07) is 9.73. The van der Waals surface area contributed by atoms with E-state index in [1.54, 1.807) is 57.2 Å². The fourth-order valence-corrected chi connectivity index (χ4v) is 2.77. The Labute approximate surface area is 162 Å². The number of benzene rings is 2. The molecule has 0 spiro atoms. The van der Waals surface area contributed by atoms with E-state index in [2.05, 4.69) is 5.32 Å². The summed E-state index contributed by atoms with van der Waals surface area (Å²) in [7, 11) is 1.53. The Balaban J connectivity index is 2.36. The molecule has 1 atom stereocenters. The highest BCUT2D eigenvalue weighted by molar-refractivity contribution is 6.31. The van der Waals surface area contributed by atoms with E-state index in [-0.39, 0.29) is 0 Å². The van der Waals surface area contributed by atoms with Gasteiger partial charge in [0.1, 0.15) is 17.5 Å². The molecule has 0 fully saturated rings. The van der Waals surface area contributed by atoms with E-state index in [1.807, 2.05) is 0 Å². The smallest absolute Gasteiger partial charge is 0.412 e. The zero-order valence-electron chi connectivity index (χ0n) is 15.0. The number of aliphatic hydroxyl groups excluding tert-OH is 1. The lowest BCUT2D eigenvalue weighted by molar-refractivity contribution is 0.0635. The molecular formula is C19H21Cl2NO4. The molecule has 2 N–H and O–H groups in total. The van der Waals surface area contributed by atoms with Crippen LogP contribution in [0.5, 0.6) is 5.75 Å². The van der Waals surface area contributed by atoms with Crippen LogP contribution in [0.2, 0.25) is 10.0 Å². The van der Waals surface area contributed by atoms with Crippen molar-refractivity contribution < 1.29 is 19.4 Å². The van der Waals surface area contributed by atoms with E-state index in [0.717, 1.165) is 0 Å².